The number of carbonyl (C=O) groups excluding carboxylic acids is 1. The molecule has 0 spiro atoms. The van der Waals surface area contributed by atoms with Crippen molar-refractivity contribution >= 4 is 33.5 Å². The summed E-state index contributed by atoms with van der Waals surface area (Å²) in [6, 6.07) is 1.72. The van der Waals surface area contributed by atoms with Gasteiger partial charge in [0.15, 0.2) is 0 Å². The normalized spacial score (nSPS) is 15.1. The third-order valence-corrected chi connectivity index (χ3v) is 4.19. The molecule has 7 heteroatoms. The van der Waals surface area contributed by atoms with Crippen LogP contribution in [0.1, 0.15) is 36.0 Å². The third-order valence-electron chi connectivity index (χ3n) is 3.75. The number of anilines is 2. The molecule has 6 nitrogen and oxygen atoms in total. The number of rotatable bonds is 3. The number of pyridine rings is 1. The van der Waals surface area contributed by atoms with Crippen molar-refractivity contribution in [1.29, 1.82) is 0 Å². The summed E-state index contributed by atoms with van der Waals surface area (Å²) < 4.78 is 0.762. The summed E-state index contributed by atoms with van der Waals surface area (Å²) in [6.45, 7) is 1.99. The van der Waals surface area contributed by atoms with E-state index in [2.05, 4.69) is 41.1 Å². The predicted octanol–water partition coefficient (Wildman–Crippen LogP) is 3.27. The molecule has 2 aromatic rings. The van der Waals surface area contributed by atoms with Gasteiger partial charge in [-0.05, 0) is 34.8 Å². The van der Waals surface area contributed by atoms with Crippen LogP contribution < -0.4 is 10.2 Å². The zero-order chi connectivity index (χ0) is 16.1. The van der Waals surface area contributed by atoms with Crippen molar-refractivity contribution < 1.29 is 4.79 Å². The van der Waals surface area contributed by atoms with E-state index >= 15 is 0 Å². The van der Waals surface area contributed by atoms with Gasteiger partial charge in [0.1, 0.15) is 0 Å². The minimum absolute atomic E-state index is 0.232. The van der Waals surface area contributed by atoms with E-state index in [1.807, 2.05) is 0 Å². The predicted molar refractivity (Wildman–Crippen MR) is 92.6 cm³/mol. The van der Waals surface area contributed by atoms with Crippen LogP contribution >= 0.6 is 15.9 Å². The second-order valence-electron chi connectivity index (χ2n) is 5.52. The molecule has 1 amide bonds. The lowest BCUT2D eigenvalue weighted by molar-refractivity contribution is 0.102. The van der Waals surface area contributed by atoms with E-state index in [0.29, 0.717) is 11.3 Å². The first-order chi connectivity index (χ1) is 11.2. The first kappa shape index (κ1) is 15.9. The average molecular weight is 376 g/mol. The highest BCUT2D eigenvalue weighted by Crippen LogP contribution is 2.17. The van der Waals surface area contributed by atoms with Crippen LogP contribution in [0.5, 0.6) is 0 Å². The number of hydrogen-bond donors (Lipinski definition) is 1. The Kier molecular flexibility index (Phi) is 5.17. The van der Waals surface area contributed by atoms with Gasteiger partial charge in [0, 0.05) is 30.0 Å². The molecule has 0 aliphatic carbocycles. The quantitative estimate of drug-likeness (QED) is 0.891. The first-order valence-electron chi connectivity index (χ1n) is 7.71. The van der Waals surface area contributed by atoms with Crippen LogP contribution in [0.3, 0.4) is 0 Å². The third kappa shape index (κ3) is 4.25. The smallest absolute Gasteiger partial charge is 0.257 e. The average Bonchev–Trinajstić information content (AvgIpc) is 2.85. The summed E-state index contributed by atoms with van der Waals surface area (Å²) in [7, 11) is 0. The molecule has 1 aliphatic heterocycles. The van der Waals surface area contributed by atoms with Gasteiger partial charge in [-0.3, -0.25) is 9.78 Å². The van der Waals surface area contributed by atoms with Gasteiger partial charge >= 0.3 is 0 Å². The summed E-state index contributed by atoms with van der Waals surface area (Å²) in [5.74, 6) is 0.499. The molecule has 1 N–H and O–H groups in total. The van der Waals surface area contributed by atoms with Crippen LogP contribution in [0.4, 0.5) is 11.6 Å². The van der Waals surface area contributed by atoms with Gasteiger partial charge in [0.25, 0.3) is 5.91 Å². The molecule has 0 atom stereocenters. The molecule has 23 heavy (non-hydrogen) atoms. The SMILES string of the molecule is O=C(Nc1cnc(N2CCCCCC2)nc1)c1cncc(Br)c1. The molecule has 1 fully saturated rings. The number of halogens is 1. The van der Waals surface area contributed by atoms with Crippen molar-refractivity contribution in [1.82, 2.24) is 15.0 Å². The second kappa shape index (κ2) is 7.50. The summed E-state index contributed by atoms with van der Waals surface area (Å²) in [5.41, 5.74) is 1.06. The lowest BCUT2D eigenvalue weighted by atomic mass is 10.2. The summed E-state index contributed by atoms with van der Waals surface area (Å²) in [5, 5.41) is 2.78. The number of aromatic nitrogens is 3. The van der Waals surface area contributed by atoms with Gasteiger partial charge in [-0.1, -0.05) is 12.8 Å². The Labute approximate surface area is 143 Å². The van der Waals surface area contributed by atoms with Gasteiger partial charge in [0.2, 0.25) is 5.95 Å². The molecule has 0 aromatic carbocycles. The highest BCUT2D eigenvalue weighted by molar-refractivity contribution is 9.10. The molecule has 0 radical (unpaired) electrons. The van der Waals surface area contributed by atoms with Crippen LogP contribution in [0.15, 0.2) is 35.3 Å². The molecule has 1 aliphatic rings. The van der Waals surface area contributed by atoms with Crippen molar-refractivity contribution in [3.63, 3.8) is 0 Å². The van der Waals surface area contributed by atoms with E-state index in [-0.39, 0.29) is 5.91 Å². The summed E-state index contributed by atoms with van der Waals surface area (Å²) in [6.07, 6.45) is 11.3. The molecular weight excluding hydrogens is 358 g/mol. The lowest BCUT2D eigenvalue weighted by Crippen LogP contribution is -2.26. The molecule has 120 valence electrons. The Bertz CT molecular complexity index is 668. The van der Waals surface area contributed by atoms with Gasteiger partial charge in [-0.15, -0.1) is 0 Å². The molecule has 3 rings (SSSR count). The van der Waals surface area contributed by atoms with Crippen molar-refractivity contribution in [2.45, 2.75) is 25.7 Å². The number of nitrogens with one attached hydrogen (secondary N) is 1. The highest BCUT2D eigenvalue weighted by Gasteiger charge is 2.13. The van der Waals surface area contributed by atoms with E-state index < -0.39 is 0 Å². The van der Waals surface area contributed by atoms with Gasteiger partial charge in [-0.25, -0.2) is 9.97 Å². The Morgan fingerprint density at radius 1 is 1.04 bits per heavy atom. The number of nitrogens with zero attached hydrogens (tertiary/aromatic N) is 4. The molecule has 3 heterocycles. The zero-order valence-corrected chi connectivity index (χ0v) is 14.3. The number of carbonyl (C=O) groups is 1. The van der Waals surface area contributed by atoms with Gasteiger partial charge < -0.3 is 10.2 Å². The summed E-state index contributed by atoms with van der Waals surface area (Å²) in [4.78, 5) is 27.1. The minimum atomic E-state index is -0.232. The Hall–Kier alpha value is -2.02. The highest BCUT2D eigenvalue weighted by atomic mass is 79.9. The molecule has 0 saturated carbocycles. The van der Waals surface area contributed by atoms with Crippen LogP contribution in [0.2, 0.25) is 0 Å². The fraction of sp³-hybridized carbons (Fsp3) is 0.375. The molecule has 0 bridgehead atoms. The van der Waals surface area contributed by atoms with E-state index in [4.69, 9.17) is 0 Å². The maximum absolute atomic E-state index is 12.2. The minimum Gasteiger partial charge on any atom is -0.341 e. The van der Waals surface area contributed by atoms with Crippen LogP contribution in [-0.4, -0.2) is 33.9 Å². The fourth-order valence-corrected chi connectivity index (χ4v) is 2.92. The van der Waals surface area contributed by atoms with Crippen LogP contribution in [-0.2, 0) is 0 Å². The van der Waals surface area contributed by atoms with Gasteiger partial charge in [0.05, 0.1) is 23.6 Å². The molecule has 2 aromatic heterocycles. The Morgan fingerprint density at radius 3 is 2.39 bits per heavy atom. The second-order valence-corrected chi connectivity index (χ2v) is 6.43. The maximum Gasteiger partial charge on any atom is 0.257 e. The Morgan fingerprint density at radius 2 is 1.74 bits per heavy atom. The monoisotopic (exact) mass is 375 g/mol. The fourth-order valence-electron chi connectivity index (χ4n) is 2.56. The van der Waals surface area contributed by atoms with Crippen molar-refractivity contribution in [2.75, 3.05) is 23.3 Å². The van der Waals surface area contributed by atoms with Gasteiger partial charge in [-0.2, -0.15) is 0 Å². The van der Waals surface area contributed by atoms with Crippen LogP contribution in [0.25, 0.3) is 0 Å². The largest absolute Gasteiger partial charge is 0.341 e. The zero-order valence-electron chi connectivity index (χ0n) is 12.7. The molecular formula is C16H18BrN5O. The van der Waals surface area contributed by atoms with E-state index in [1.165, 1.54) is 31.9 Å². The maximum atomic E-state index is 12.2. The lowest BCUT2D eigenvalue weighted by Gasteiger charge is -2.19. The van der Waals surface area contributed by atoms with E-state index in [9.17, 15) is 4.79 Å². The van der Waals surface area contributed by atoms with Crippen LogP contribution in [0, 0.1) is 0 Å². The first-order valence-corrected chi connectivity index (χ1v) is 8.50. The standard InChI is InChI=1S/C16H18BrN5O/c17-13-7-12(8-18-9-13)15(23)21-14-10-19-16(20-11-14)22-5-3-1-2-4-6-22/h7-11H,1-6H2,(H,21,23). The van der Waals surface area contributed by atoms with E-state index in [0.717, 1.165) is 23.5 Å². The Balaban J connectivity index is 1.66. The van der Waals surface area contributed by atoms with E-state index in [1.54, 1.807) is 24.7 Å². The van der Waals surface area contributed by atoms with Crippen molar-refractivity contribution in [2.24, 2.45) is 0 Å². The number of amides is 1. The molecule has 1 saturated heterocycles. The summed E-state index contributed by atoms with van der Waals surface area (Å²) >= 11 is 3.30. The number of hydrogen-bond acceptors (Lipinski definition) is 5. The van der Waals surface area contributed by atoms with Crippen molar-refractivity contribution in [3.8, 4) is 0 Å². The topological polar surface area (TPSA) is 71.0 Å². The van der Waals surface area contributed by atoms with Crippen molar-refractivity contribution in [3.05, 3.63) is 40.9 Å². The molecule has 0 unspecified atom stereocenters.